The Morgan fingerprint density at radius 1 is 1.00 bits per heavy atom. The standard InChI is InChI=1S/C26H26O6/c1-17(2)9-7-10-18(3)15-16-30-23-22-20(27)13-8-14-21(22)31-26(29)24(23)32-25(28)19-11-5-4-6-12-19/h4-6,8-9,11-15,27H,7,10,16H2,1-3H3. The lowest BCUT2D eigenvalue weighted by Gasteiger charge is -2.13. The highest BCUT2D eigenvalue weighted by Gasteiger charge is 2.23. The number of esters is 1. The van der Waals surface area contributed by atoms with Crippen molar-refractivity contribution in [3.05, 3.63) is 87.8 Å². The Hall–Kier alpha value is -3.80. The number of fused-ring (bicyclic) bond motifs is 1. The molecule has 0 aliphatic carbocycles. The second kappa shape index (κ2) is 10.5. The molecular weight excluding hydrogens is 408 g/mol. The molecule has 0 aliphatic rings. The van der Waals surface area contributed by atoms with Crippen LogP contribution in [0.15, 0.2) is 81.0 Å². The first kappa shape index (κ1) is 22.9. The zero-order valence-corrected chi connectivity index (χ0v) is 18.4. The number of rotatable bonds is 8. The van der Waals surface area contributed by atoms with E-state index in [1.807, 2.05) is 13.0 Å². The zero-order chi connectivity index (χ0) is 23.1. The van der Waals surface area contributed by atoms with Gasteiger partial charge in [-0.1, -0.05) is 41.5 Å². The molecule has 32 heavy (non-hydrogen) atoms. The summed E-state index contributed by atoms with van der Waals surface area (Å²) in [6.07, 6.45) is 5.84. The van der Waals surface area contributed by atoms with Crippen LogP contribution >= 0.6 is 0 Å². The van der Waals surface area contributed by atoms with E-state index in [-0.39, 0.29) is 34.6 Å². The summed E-state index contributed by atoms with van der Waals surface area (Å²) in [4.78, 5) is 25.2. The molecule has 6 heteroatoms. The van der Waals surface area contributed by atoms with E-state index in [4.69, 9.17) is 13.9 Å². The molecule has 1 aromatic heterocycles. The molecule has 2 aromatic carbocycles. The third-order valence-corrected chi connectivity index (χ3v) is 4.78. The first-order chi connectivity index (χ1) is 15.4. The van der Waals surface area contributed by atoms with E-state index < -0.39 is 17.3 Å². The fourth-order valence-electron chi connectivity index (χ4n) is 3.09. The van der Waals surface area contributed by atoms with Gasteiger partial charge in [0.05, 0.1) is 5.56 Å². The molecule has 1 N–H and O–H groups in total. The smallest absolute Gasteiger partial charge is 0.383 e. The molecule has 0 amide bonds. The number of hydrogen-bond donors (Lipinski definition) is 1. The highest BCUT2D eigenvalue weighted by Crippen LogP contribution is 2.38. The van der Waals surface area contributed by atoms with E-state index >= 15 is 0 Å². The lowest BCUT2D eigenvalue weighted by molar-refractivity contribution is 0.0722. The van der Waals surface area contributed by atoms with Gasteiger partial charge in [-0.25, -0.2) is 9.59 Å². The molecule has 0 aliphatic heterocycles. The third kappa shape index (κ3) is 5.66. The Morgan fingerprint density at radius 3 is 2.47 bits per heavy atom. The fraction of sp³-hybridized carbons (Fsp3) is 0.231. The Kier molecular flexibility index (Phi) is 7.49. The summed E-state index contributed by atoms with van der Waals surface area (Å²) in [6.45, 7) is 6.23. The molecular formula is C26H26O6. The van der Waals surface area contributed by atoms with Crippen LogP contribution in [-0.4, -0.2) is 17.7 Å². The highest BCUT2D eigenvalue weighted by atomic mass is 16.6. The number of carbonyl (C=O) groups is 1. The van der Waals surface area contributed by atoms with Crippen LogP contribution in [0, 0.1) is 0 Å². The Bertz CT molecular complexity index is 1210. The van der Waals surface area contributed by atoms with E-state index in [1.165, 1.54) is 17.7 Å². The Balaban J connectivity index is 1.93. The number of phenols is 1. The molecule has 0 saturated heterocycles. The third-order valence-electron chi connectivity index (χ3n) is 4.78. The summed E-state index contributed by atoms with van der Waals surface area (Å²) in [6, 6.07) is 12.8. The van der Waals surface area contributed by atoms with Crippen LogP contribution in [0.1, 0.15) is 44.0 Å². The topological polar surface area (TPSA) is 86.0 Å². The normalized spacial score (nSPS) is 11.3. The fourth-order valence-corrected chi connectivity index (χ4v) is 3.09. The number of ether oxygens (including phenoxy) is 2. The second-order valence-corrected chi connectivity index (χ2v) is 7.64. The predicted octanol–water partition coefficient (Wildman–Crippen LogP) is 5.79. The van der Waals surface area contributed by atoms with Crippen molar-refractivity contribution in [1.82, 2.24) is 0 Å². The lowest BCUT2D eigenvalue weighted by atomic mass is 10.1. The minimum atomic E-state index is -0.869. The van der Waals surface area contributed by atoms with Crippen LogP contribution in [0.3, 0.4) is 0 Å². The first-order valence-corrected chi connectivity index (χ1v) is 10.3. The SMILES string of the molecule is CC(C)=CCCC(C)=CCOc1c(OC(=O)c2ccccc2)c(=O)oc2cccc(O)c12. The maximum atomic E-state index is 12.6. The number of hydrogen-bond acceptors (Lipinski definition) is 6. The summed E-state index contributed by atoms with van der Waals surface area (Å²) < 4.78 is 16.5. The van der Waals surface area contributed by atoms with Gasteiger partial charge in [-0.15, -0.1) is 0 Å². The largest absolute Gasteiger partial charge is 0.507 e. The molecule has 0 bridgehead atoms. The lowest BCUT2D eigenvalue weighted by Crippen LogP contribution is -2.16. The van der Waals surface area contributed by atoms with Gasteiger partial charge in [0.25, 0.3) is 5.75 Å². The molecule has 0 saturated carbocycles. The summed E-state index contributed by atoms with van der Waals surface area (Å²) in [5.41, 5.74) is 1.91. The van der Waals surface area contributed by atoms with Crippen molar-refractivity contribution < 1.29 is 23.8 Å². The van der Waals surface area contributed by atoms with E-state index in [1.54, 1.807) is 36.4 Å². The Labute approximate surface area is 186 Å². The van der Waals surface area contributed by atoms with Gasteiger partial charge in [-0.3, -0.25) is 0 Å². The summed E-state index contributed by atoms with van der Waals surface area (Å²) in [7, 11) is 0. The van der Waals surface area contributed by atoms with Gasteiger partial charge < -0.3 is 19.0 Å². The van der Waals surface area contributed by atoms with Crippen LogP contribution in [-0.2, 0) is 0 Å². The van der Waals surface area contributed by atoms with Crippen molar-refractivity contribution in [1.29, 1.82) is 0 Å². The Morgan fingerprint density at radius 2 is 1.75 bits per heavy atom. The van der Waals surface area contributed by atoms with Gasteiger partial charge in [0.2, 0.25) is 0 Å². The van der Waals surface area contributed by atoms with Crippen molar-refractivity contribution >= 4 is 16.9 Å². The van der Waals surface area contributed by atoms with Gasteiger partial charge in [0, 0.05) is 0 Å². The summed E-state index contributed by atoms with van der Waals surface area (Å²) >= 11 is 0. The average molecular weight is 434 g/mol. The van der Waals surface area contributed by atoms with Gasteiger partial charge in [-0.05, 0) is 64.0 Å². The molecule has 0 atom stereocenters. The van der Waals surface area contributed by atoms with E-state index in [9.17, 15) is 14.7 Å². The number of phenolic OH excluding ortho intramolecular Hbond substituents is 1. The van der Waals surface area contributed by atoms with Crippen molar-refractivity contribution in [2.24, 2.45) is 0 Å². The minimum absolute atomic E-state index is 0.0352. The number of benzene rings is 2. The van der Waals surface area contributed by atoms with Crippen molar-refractivity contribution in [2.75, 3.05) is 6.61 Å². The average Bonchev–Trinajstić information content (AvgIpc) is 2.76. The molecule has 0 unspecified atom stereocenters. The quantitative estimate of drug-likeness (QED) is 0.274. The van der Waals surface area contributed by atoms with Gasteiger partial charge in [-0.2, -0.15) is 0 Å². The summed E-state index contributed by atoms with van der Waals surface area (Å²) in [5.74, 6) is -1.32. The monoisotopic (exact) mass is 434 g/mol. The van der Waals surface area contributed by atoms with E-state index in [0.717, 1.165) is 18.4 Å². The first-order valence-electron chi connectivity index (χ1n) is 10.3. The molecule has 0 spiro atoms. The van der Waals surface area contributed by atoms with Crippen molar-refractivity contribution in [2.45, 2.75) is 33.6 Å². The van der Waals surface area contributed by atoms with Crippen LogP contribution in [0.5, 0.6) is 17.2 Å². The van der Waals surface area contributed by atoms with Crippen molar-refractivity contribution in [3.63, 3.8) is 0 Å². The van der Waals surface area contributed by atoms with Gasteiger partial charge >= 0.3 is 11.6 Å². The van der Waals surface area contributed by atoms with E-state index in [0.29, 0.717) is 0 Å². The van der Waals surface area contributed by atoms with Crippen LogP contribution < -0.4 is 15.1 Å². The van der Waals surface area contributed by atoms with Crippen LogP contribution in [0.2, 0.25) is 0 Å². The molecule has 3 aromatic rings. The maximum Gasteiger partial charge on any atom is 0.383 e. The highest BCUT2D eigenvalue weighted by molar-refractivity contribution is 5.95. The zero-order valence-electron chi connectivity index (χ0n) is 18.4. The van der Waals surface area contributed by atoms with E-state index in [2.05, 4.69) is 19.9 Å². The molecule has 166 valence electrons. The van der Waals surface area contributed by atoms with Gasteiger partial charge in [0.1, 0.15) is 23.3 Å². The molecule has 1 heterocycles. The summed E-state index contributed by atoms with van der Waals surface area (Å²) in [5, 5.41) is 10.6. The number of aromatic hydroxyl groups is 1. The van der Waals surface area contributed by atoms with Crippen LogP contribution in [0.4, 0.5) is 0 Å². The number of allylic oxidation sites excluding steroid dienone is 3. The molecule has 0 radical (unpaired) electrons. The minimum Gasteiger partial charge on any atom is -0.507 e. The second-order valence-electron chi connectivity index (χ2n) is 7.64. The molecule has 0 fully saturated rings. The molecule has 3 rings (SSSR count). The molecule has 6 nitrogen and oxygen atoms in total. The van der Waals surface area contributed by atoms with Gasteiger partial charge in [0.15, 0.2) is 5.75 Å². The predicted molar refractivity (Wildman–Crippen MR) is 123 cm³/mol. The van der Waals surface area contributed by atoms with Crippen molar-refractivity contribution in [3.8, 4) is 17.2 Å². The van der Waals surface area contributed by atoms with Crippen LogP contribution in [0.25, 0.3) is 11.0 Å². The maximum absolute atomic E-state index is 12.6. The number of carbonyl (C=O) groups excluding carboxylic acids is 1.